The molecule has 1 N–H and O–H groups in total. The molecule has 0 bridgehead atoms. The Morgan fingerprint density at radius 1 is 1.06 bits per heavy atom. The van der Waals surface area contributed by atoms with E-state index in [-0.39, 0.29) is 37.0 Å². The van der Waals surface area contributed by atoms with Crippen molar-refractivity contribution in [1.29, 1.82) is 0 Å². The molecule has 1 aliphatic heterocycles. The normalized spacial score (nSPS) is 14.9. The first-order valence-corrected chi connectivity index (χ1v) is 12.2. The van der Waals surface area contributed by atoms with Crippen LogP contribution in [-0.2, 0) is 10.0 Å². The molecule has 174 valence electrons. The predicted molar refractivity (Wildman–Crippen MR) is 123 cm³/mol. The third-order valence-corrected chi connectivity index (χ3v) is 7.59. The Morgan fingerprint density at radius 3 is 2.30 bits per heavy atom. The van der Waals surface area contributed by atoms with Gasteiger partial charge in [0.15, 0.2) is 4.77 Å². The maximum Gasteiger partial charge on any atom is 0.272 e. The lowest BCUT2D eigenvalue weighted by Gasteiger charge is -2.34. The molecule has 1 saturated heterocycles. The van der Waals surface area contributed by atoms with E-state index in [9.17, 15) is 17.6 Å². The topological polar surface area (TPSA) is 87.6 Å². The molecular weight excluding hydrogens is 467 g/mol. The number of hydrogen-bond acceptors (Lipinski definition) is 5. The molecule has 4 rings (SSSR count). The van der Waals surface area contributed by atoms with Gasteiger partial charge in [-0.2, -0.15) is 4.31 Å². The van der Waals surface area contributed by atoms with Crippen LogP contribution in [0, 0.1) is 10.6 Å². The molecule has 1 aliphatic rings. The number of sulfonamides is 1. The maximum atomic E-state index is 13.3. The summed E-state index contributed by atoms with van der Waals surface area (Å²) in [5.41, 5.74) is 0.858. The Hall–Kier alpha value is -3.02. The van der Waals surface area contributed by atoms with Gasteiger partial charge in [0.25, 0.3) is 5.91 Å². The number of nitrogens with one attached hydrogen (secondary N) is 1. The minimum absolute atomic E-state index is 0.170. The second kappa shape index (κ2) is 9.46. The molecule has 3 aromatic rings. The van der Waals surface area contributed by atoms with Crippen LogP contribution in [0.25, 0.3) is 5.69 Å². The van der Waals surface area contributed by atoms with Gasteiger partial charge in [0, 0.05) is 38.1 Å². The molecule has 0 spiro atoms. The van der Waals surface area contributed by atoms with Gasteiger partial charge in [-0.1, -0.05) is 0 Å². The quantitative estimate of drug-likeness (QED) is 0.536. The van der Waals surface area contributed by atoms with Crippen LogP contribution in [0.1, 0.15) is 17.4 Å². The average Bonchev–Trinajstić information content (AvgIpc) is 3.21. The van der Waals surface area contributed by atoms with Crippen molar-refractivity contribution in [2.75, 3.05) is 32.8 Å². The van der Waals surface area contributed by atoms with Crippen molar-refractivity contribution in [3.63, 3.8) is 0 Å². The Labute approximate surface area is 196 Å². The number of piperazine rings is 1. The van der Waals surface area contributed by atoms with Crippen LogP contribution in [0.15, 0.2) is 59.6 Å². The van der Waals surface area contributed by atoms with Crippen molar-refractivity contribution >= 4 is 28.1 Å². The molecule has 8 nitrogen and oxygen atoms in total. The lowest BCUT2D eigenvalue weighted by molar-refractivity contribution is 0.0689. The number of rotatable bonds is 6. The summed E-state index contributed by atoms with van der Waals surface area (Å²) >= 11 is 5.30. The summed E-state index contributed by atoms with van der Waals surface area (Å²) in [5.74, 6) is -0.0720. The van der Waals surface area contributed by atoms with Crippen molar-refractivity contribution in [2.45, 2.75) is 11.8 Å². The van der Waals surface area contributed by atoms with Crippen molar-refractivity contribution in [3.05, 3.63) is 71.0 Å². The molecule has 0 radical (unpaired) electrons. The van der Waals surface area contributed by atoms with Crippen LogP contribution in [0.4, 0.5) is 4.39 Å². The highest BCUT2D eigenvalue weighted by Crippen LogP contribution is 2.22. The molecule has 0 aliphatic carbocycles. The predicted octanol–water partition coefficient (Wildman–Crippen LogP) is 3.22. The summed E-state index contributed by atoms with van der Waals surface area (Å²) in [6.45, 7) is 3.16. The first-order valence-electron chi connectivity index (χ1n) is 10.4. The van der Waals surface area contributed by atoms with Crippen molar-refractivity contribution < 1.29 is 22.3 Å². The average molecular weight is 491 g/mol. The molecule has 33 heavy (non-hydrogen) atoms. The Morgan fingerprint density at radius 2 is 1.70 bits per heavy atom. The zero-order valence-electron chi connectivity index (χ0n) is 17.9. The Bertz CT molecular complexity index is 1290. The third kappa shape index (κ3) is 4.70. The number of halogens is 1. The fourth-order valence-corrected chi connectivity index (χ4v) is 5.37. The van der Waals surface area contributed by atoms with Gasteiger partial charge in [0.05, 0.1) is 11.5 Å². The lowest BCUT2D eigenvalue weighted by atomic mass is 10.2. The summed E-state index contributed by atoms with van der Waals surface area (Å²) in [6.07, 6.45) is 1.51. The summed E-state index contributed by atoms with van der Waals surface area (Å²) < 4.78 is 47.9. The number of amides is 1. The van der Waals surface area contributed by atoms with Gasteiger partial charge in [0.2, 0.25) is 10.0 Å². The highest BCUT2D eigenvalue weighted by atomic mass is 32.2. The number of nitrogens with zero attached hydrogens (tertiary/aromatic N) is 3. The fraction of sp³-hybridized carbons (Fsp3) is 0.273. The van der Waals surface area contributed by atoms with Gasteiger partial charge < -0.3 is 14.6 Å². The van der Waals surface area contributed by atoms with E-state index >= 15 is 0 Å². The van der Waals surface area contributed by atoms with Crippen LogP contribution in [0.5, 0.6) is 5.75 Å². The van der Waals surface area contributed by atoms with Crippen LogP contribution in [0.2, 0.25) is 0 Å². The molecule has 1 aromatic heterocycles. The highest BCUT2D eigenvalue weighted by molar-refractivity contribution is 7.89. The number of ether oxygens (including phenoxy) is 1. The monoisotopic (exact) mass is 490 g/mol. The number of aromatic amines is 1. The number of hydrogen-bond donors (Lipinski definition) is 1. The van der Waals surface area contributed by atoms with Gasteiger partial charge in [-0.3, -0.25) is 9.36 Å². The number of benzene rings is 2. The summed E-state index contributed by atoms with van der Waals surface area (Å²) in [6, 6.07) is 12.0. The van der Waals surface area contributed by atoms with Crippen molar-refractivity contribution in [2.24, 2.45) is 0 Å². The molecule has 0 saturated carbocycles. The van der Waals surface area contributed by atoms with Gasteiger partial charge >= 0.3 is 0 Å². The first kappa shape index (κ1) is 23.1. The second-order valence-corrected chi connectivity index (χ2v) is 9.72. The molecule has 2 aromatic carbocycles. The maximum absolute atomic E-state index is 13.3. The summed E-state index contributed by atoms with van der Waals surface area (Å²) in [7, 11) is -3.68. The second-order valence-electron chi connectivity index (χ2n) is 7.39. The molecular formula is C22H23FN4O4S2. The van der Waals surface area contributed by atoms with E-state index in [0.29, 0.717) is 28.5 Å². The lowest BCUT2D eigenvalue weighted by Crippen LogP contribution is -2.50. The summed E-state index contributed by atoms with van der Waals surface area (Å²) in [5, 5.41) is 0. The molecule has 2 heterocycles. The number of H-pyrrole nitrogens is 1. The zero-order chi connectivity index (χ0) is 23.6. The van der Waals surface area contributed by atoms with E-state index in [1.807, 2.05) is 6.92 Å². The third-order valence-electron chi connectivity index (χ3n) is 5.38. The Balaban J connectivity index is 1.48. The van der Waals surface area contributed by atoms with E-state index in [2.05, 4.69) is 4.98 Å². The molecule has 1 amide bonds. The van der Waals surface area contributed by atoms with Crippen molar-refractivity contribution in [1.82, 2.24) is 18.8 Å². The fourth-order valence-electron chi connectivity index (χ4n) is 3.69. The van der Waals surface area contributed by atoms with E-state index in [1.54, 1.807) is 21.6 Å². The largest absolute Gasteiger partial charge is 0.494 e. The Kier molecular flexibility index (Phi) is 6.63. The van der Waals surface area contributed by atoms with Crippen LogP contribution in [-0.4, -0.2) is 65.9 Å². The number of carbonyl (C=O) groups excluding carboxylic acids is 1. The van der Waals surface area contributed by atoms with E-state index in [4.69, 9.17) is 17.0 Å². The first-order chi connectivity index (χ1) is 15.8. The van der Waals surface area contributed by atoms with Crippen LogP contribution < -0.4 is 4.74 Å². The SMILES string of the molecule is CCOc1ccc(S(=O)(=O)N2CCN(C(=O)c3c[nH]c(=S)n3-c3ccc(F)cc3)CC2)cc1. The van der Waals surface area contributed by atoms with Crippen LogP contribution in [0.3, 0.4) is 0 Å². The zero-order valence-corrected chi connectivity index (χ0v) is 19.5. The van der Waals surface area contributed by atoms with Gasteiger partial charge in [-0.15, -0.1) is 0 Å². The van der Waals surface area contributed by atoms with Gasteiger partial charge in [-0.05, 0) is 67.7 Å². The van der Waals surface area contributed by atoms with Crippen molar-refractivity contribution in [3.8, 4) is 11.4 Å². The summed E-state index contributed by atoms with van der Waals surface area (Å²) in [4.78, 5) is 17.8. The van der Waals surface area contributed by atoms with Gasteiger partial charge in [-0.25, -0.2) is 12.8 Å². The van der Waals surface area contributed by atoms with E-state index in [0.717, 1.165) is 0 Å². The number of aromatic nitrogens is 2. The number of carbonyl (C=O) groups is 1. The standard InChI is InChI=1S/C22H23FN4O4S2/c1-2-31-18-7-9-19(10-8-18)33(29,30)26-13-11-25(12-14-26)21(28)20-15-24-22(32)27(20)17-5-3-16(23)4-6-17/h3-10,15H,2,11-14H2,1H3,(H,24,32). The molecule has 11 heteroatoms. The van der Waals surface area contributed by atoms with E-state index < -0.39 is 15.8 Å². The smallest absolute Gasteiger partial charge is 0.272 e. The number of imidazole rings is 1. The van der Waals surface area contributed by atoms with E-state index in [1.165, 1.54) is 46.9 Å². The van der Waals surface area contributed by atoms with Crippen LogP contribution >= 0.6 is 12.2 Å². The van der Waals surface area contributed by atoms with Gasteiger partial charge in [0.1, 0.15) is 17.3 Å². The highest BCUT2D eigenvalue weighted by Gasteiger charge is 2.31. The minimum atomic E-state index is -3.68. The molecule has 0 atom stereocenters. The minimum Gasteiger partial charge on any atom is -0.494 e. The molecule has 1 fully saturated rings. The molecule has 0 unspecified atom stereocenters.